The van der Waals surface area contributed by atoms with E-state index in [1.54, 1.807) is 0 Å². The van der Waals surface area contributed by atoms with E-state index in [1.165, 1.54) is 30.6 Å². The molecule has 0 radical (unpaired) electrons. The van der Waals surface area contributed by atoms with Crippen LogP contribution in [0.5, 0.6) is 0 Å². The van der Waals surface area contributed by atoms with Crippen LogP contribution in [-0.2, 0) is 14.5 Å². The maximum atomic E-state index is 12.1. The molecule has 1 aliphatic rings. The largest absolute Gasteiger partial charge is 0.304 e. The van der Waals surface area contributed by atoms with E-state index >= 15 is 0 Å². The molecule has 0 aromatic heterocycles. The molecular formula is C17H17N3O2S. The molecule has 2 amide bonds. The summed E-state index contributed by atoms with van der Waals surface area (Å²) in [4.78, 5) is 22.7. The zero-order valence-corrected chi connectivity index (χ0v) is 14.0. The van der Waals surface area contributed by atoms with Crippen LogP contribution in [0.15, 0.2) is 47.6 Å². The molecule has 2 aromatic rings. The van der Waals surface area contributed by atoms with Crippen molar-refractivity contribution in [1.29, 1.82) is 0 Å². The lowest BCUT2D eigenvalue weighted by molar-refractivity contribution is -0.131. The predicted octanol–water partition coefficient (Wildman–Crippen LogP) is 3.01. The molecule has 1 heterocycles. The van der Waals surface area contributed by atoms with E-state index in [1.807, 2.05) is 49.4 Å². The van der Waals surface area contributed by atoms with Crippen LogP contribution in [0.4, 0.5) is 0 Å². The second-order valence-electron chi connectivity index (χ2n) is 5.53. The highest BCUT2D eigenvalue weighted by atomic mass is 32.2. The van der Waals surface area contributed by atoms with Crippen molar-refractivity contribution in [3.05, 3.63) is 48.0 Å². The number of carbonyl (C=O) groups excluding carboxylic acids is 2. The van der Waals surface area contributed by atoms with E-state index < -0.39 is 4.87 Å². The maximum Gasteiger partial charge on any atom is 0.241 e. The standard InChI is InChI=1S/C17H17N3O2S/c1-11(21)18-16-19-20(12(2)22)17(3,23-16)15-10-6-8-13-7-4-5-9-14(13)15/h4-10H,1-3H3,(H,18,19,21). The summed E-state index contributed by atoms with van der Waals surface area (Å²) in [6, 6.07) is 14.0. The first kappa shape index (κ1) is 15.6. The average Bonchev–Trinajstić information content (AvgIpc) is 2.83. The first-order chi connectivity index (χ1) is 10.9. The fraction of sp³-hybridized carbons (Fsp3) is 0.235. The minimum atomic E-state index is -0.704. The third kappa shape index (κ3) is 2.70. The van der Waals surface area contributed by atoms with Crippen molar-refractivity contribution in [1.82, 2.24) is 10.3 Å². The van der Waals surface area contributed by atoms with Gasteiger partial charge in [0, 0.05) is 13.8 Å². The van der Waals surface area contributed by atoms with Gasteiger partial charge in [0.05, 0.1) is 0 Å². The minimum absolute atomic E-state index is 0.173. The van der Waals surface area contributed by atoms with Gasteiger partial charge in [0.25, 0.3) is 0 Å². The van der Waals surface area contributed by atoms with Crippen LogP contribution in [0.1, 0.15) is 26.3 Å². The van der Waals surface area contributed by atoms with Crippen molar-refractivity contribution in [2.24, 2.45) is 5.10 Å². The number of fused-ring (bicyclic) bond motifs is 1. The number of rotatable bonds is 1. The van der Waals surface area contributed by atoms with Gasteiger partial charge in [-0.05, 0) is 23.3 Å². The number of nitrogens with one attached hydrogen (secondary N) is 1. The summed E-state index contributed by atoms with van der Waals surface area (Å²) in [6.45, 7) is 4.85. The number of hydrogen-bond acceptors (Lipinski definition) is 4. The highest BCUT2D eigenvalue weighted by Gasteiger charge is 2.44. The molecule has 0 aliphatic carbocycles. The Kier molecular flexibility index (Phi) is 3.85. The van der Waals surface area contributed by atoms with E-state index in [2.05, 4.69) is 10.4 Å². The zero-order valence-electron chi connectivity index (χ0n) is 13.2. The van der Waals surface area contributed by atoms with Gasteiger partial charge < -0.3 is 5.32 Å². The topological polar surface area (TPSA) is 61.8 Å². The lowest BCUT2D eigenvalue weighted by Crippen LogP contribution is -2.37. The Morgan fingerprint density at radius 1 is 1.13 bits per heavy atom. The van der Waals surface area contributed by atoms with Gasteiger partial charge in [-0.3, -0.25) is 9.59 Å². The van der Waals surface area contributed by atoms with Crippen LogP contribution in [0.25, 0.3) is 10.8 Å². The number of amidine groups is 1. The van der Waals surface area contributed by atoms with Crippen molar-refractivity contribution in [2.45, 2.75) is 25.6 Å². The molecule has 0 saturated heterocycles. The number of carbonyl (C=O) groups is 2. The molecule has 2 aromatic carbocycles. The summed E-state index contributed by atoms with van der Waals surface area (Å²) < 4.78 is 0. The lowest BCUT2D eigenvalue weighted by atomic mass is 9.99. The highest BCUT2D eigenvalue weighted by Crippen LogP contribution is 2.47. The van der Waals surface area contributed by atoms with Gasteiger partial charge in [0.1, 0.15) is 4.87 Å². The number of benzene rings is 2. The molecule has 1 N–H and O–H groups in total. The quantitative estimate of drug-likeness (QED) is 0.876. The zero-order chi connectivity index (χ0) is 16.6. The Morgan fingerprint density at radius 3 is 2.52 bits per heavy atom. The molecule has 0 fully saturated rings. The van der Waals surface area contributed by atoms with Gasteiger partial charge in [-0.2, -0.15) is 0 Å². The maximum absolute atomic E-state index is 12.1. The number of amides is 2. The van der Waals surface area contributed by atoms with Crippen molar-refractivity contribution in [3.63, 3.8) is 0 Å². The summed E-state index contributed by atoms with van der Waals surface area (Å²) in [7, 11) is 0. The first-order valence-corrected chi connectivity index (χ1v) is 8.08. The highest BCUT2D eigenvalue weighted by molar-refractivity contribution is 8.14. The molecule has 5 nitrogen and oxygen atoms in total. The molecule has 118 valence electrons. The number of thioether (sulfide) groups is 1. The summed E-state index contributed by atoms with van der Waals surface area (Å²) in [6.07, 6.45) is 0. The third-order valence-corrected chi connectivity index (χ3v) is 4.93. The summed E-state index contributed by atoms with van der Waals surface area (Å²) in [5, 5.41) is 11.0. The third-order valence-electron chi connectivity index (χ3n) is 3.76. The van der Waals surface area contributed by atoms with Crippen molar-refractivity contribution < 1.29 is 9.59 Å². The molecule has 0 bridgehead atoms. The van der Waals surface area contributed by atoms with E-state index in [9.17, 15) is 9.59 Å². The number of hydrogen-bond donors (Lipinski definition) is 1. The summed E-state index contributed by atoms with van der Waals surface area (Å²) in [5.41, 5.74) is 0.986. The molecule has 6 heteroatoms. The van der Waals surface area contributed by atoms with Crippen molar-refractivity contribution in [3.8, 4) is 0 Å². The van der Waals surface area contributed by atoms with Crippen molar-refractivity contribution >= 4 is 39.5 Å². The molecule has 1 atom stereocenters. The smallest absolute Gasteiger partial charge is 0.241 e. The molecule has 0 spiro atoms. The Hall–Kier alpha value is -2.34. The van der Waals surface area contributed by atoms with Gasteiger partial charge >= 0.3 is 0 Å². The van der Waals surface area contributed by atoms with Gasteiger partial charge in [-0.25, -0.2) is 5.01 Å². The summed E-state index contributed by atoms with van der Waals surface area (Å²) in [5.74, 6) is -0.379. The number of hydrazone groups is 1. The van der Waals surface area contributed by atoms with Gasteiger partial charge in [-0.15, -0.1) is 5.10 Å². The van der Waals surface area contributed by atoms with Crippen LogP contribution >= 0.6 is 11.8 Å². The first-order valence-electron chi connectivity index (χ1n) is 7.26. The average molecular weight is 327 g/mol. The molecule has 1 unspecified atom stereocenters. The Balaban J connectivity index is 2.12. The van der Waals surface area contributed by atoms with E-state index in [0.29, 0.717) is 5.17 Å². The minimum Gasteiger partial charge on any atom is -0.304 e. The van der Waals surface area contributed by atoms with E-state index in [-0.39, 0.29) is 11.8 Å². The fourth-order valence-corrected chi connectivity index (χ4v) is 4.05. The SMILES string of the molecule is CC(=O)NC1=NN(C(C)=O)C(C)(c2cccc3ccccc23)S1. The van der Waals surface area contributed by atoms with Gasteiger partial charge in [-0.1, -0.05) is 54.2 Å². The molecular weight excluding hydrogens is 310 g/mol. The van der Waals surface area contributed by atoms with Gasteiger partial charge in [0.2, 0.25) is 11.8 Å². The van der Waals surface area contributed by atoms with Crippen LogP contribution in [0.2, 0.25) is 0 Å². The predicted molar refractivity (Wildman–Crippen MR) is 92.7 cm³/mol. The lowest BCUT2D eigenvalue weighted by Gasteiger charge is -2.32. The Morgan fingerprint density at radius 2 is 1.83 bits per heavy atom. The van der Waals surface area contributed by atoms with E-state index in [0.717, 1.165) is 16.3 Å². The molecule has 1 aliphatic heterocycles. The normalized spacial score (nSPS) is 20.5. The Bertz CT molecular complexity index is 828. The van der Waals surface area contributed by atoms with Crippen LogP contribution < -0.4 is 5.32 Å². The molecule has 23 heavy (non-hydrogen) atoms. The summed E-state index contributed by atoms with van der Waals surface area (Å²) >= 11 is 1.37. The second kappa shape index (κ2) is 5.70. The molecule has 3 rings (SSSR count). The number of nitrogens with zero attached hydrogens (tertiary/aromatic N) is 2. The Labute approximate surface area is 138 Å². The van der Waals surface area contributed by atoms with Crippen LogP contribution in [-0.4, -0.2) is 22.0 Å². The van der Waals surface area contributed by atoms with Gasteiger partial charge in [0.15, 0.2) is 5.17 Å². The second-order valence-corrected chi connectivity index (χ2v) is 6.91. The van der Waals surface area contributed by atoms with Crippen molar-refractivity contribution in [2.75, 3.05) is 0 Å². The molecule has 0 saturated carbocycles. The van der Waals surface area contributed by atoms with Crippen LogP contribution in [0.3, 0.4) is 0 Å². The fourth-order valence-electron chi connectivity index (χ4n) is 2.81. The monoisotopic (exact) mass is 327 g/mol. The van der Waals surface area contributed by atoms with E-state index in [4.69, 9.17) is 0 Å². The van der Waals surface area contributed by atoms with Crippen LogP contribution in [0, 0.1) is 0 Å².